The van der Waals surface area contributed by atoms with Crippen molar-refractivity contribution < 1.29 is 13.3 Å². The Bertz CT molecular complexity index is 766. The first kappa shape index (κ1) is 15.3. The van der Waals surface area contributed by atoms with E-state index < -0.39 is 17.5 Å². The number of nitrogens with zero attached hydrogens (tertiary/aromatic N) is 4. The van der Waals surface area contributed by atoms with Crippen molar-refractivity contribution in [2.75, 3.05) is 26.1 Å². The highest BCUT2D eigenvalue weighted by atomic mass is 32.2. The molecule has 0 aliphatic carbocycles. The van der Waals surface area contributed by atoms with Crippen molar-refractivity contribution in [2.24, 2.45) is 0 Å². The van der Waals surface area contributed by atoms with Gasteiger partial charge in [-0.3, -0.25) is 13.3 Å². The number of alkyl halides is 1. The van der Waals surface area contributed by atoms with Gasteiger partial charge in [-0.1, -0.05) is 0 Å². The van der Waals surface area contributed by atoms with Crippen LogP contribution in [0.5, 0.6) is 0 Å². The second-order valence-corrected chi connectivity index (χ2v) is 6.43. The van der Waals surface area contributed by atoms with Crippen molar-refractivity contribution in [3.8, 4) is 0 Å². The highest BCUT2D eigenvalue weighted by Gasteiger charge is 2.24. The van der Waals surface area contributed by atoms with Crippen molar-refractivity contribution >= 4 is 22.0 Å². The fourth-order valence-electron chi connectivity index (χ4n) is 2.75. The molecule has 1 fully saturated rings. The fourth-order valence-corrected chi connectivity index (χ4v) is 3.17. The van der Waals surface area contributed by atoms with Gasteiger partial charge in [-0.15, -0.1) is 0 Å². The molecule has 0 N–H and O–H groups in total. The van der Waals surface area contributed by atoms with Crippen LogP contribution in [0.1, 0.15) is 18.9 Å². The molecule has 0 bridgehead atoms. The summed E-state index contributed by atoms with van der Waals surface area (Å²) in [5, 5.41) is 0.172. The predicted molar refractivity (Wildman–Crippen MR) is 79.2 cm³/mol. The van der Waals surface area contributed by atoms with E-state index in [-0.39, 0.29) is 23.4 Å². The first-order chi connectivity index (χ1) is 10.6. The van der Waals surface area contributed by atoms with Crippen LogP contribution in [0.3, 0.4) is 0 Å². The van der Waals surface area contributed by atoms with Gasteiger partial charge in [-0.2, -0.15) is 0 Å². The third-order valence-corrected chi connectivity index (χ3v) is 4.52. The standard InChI is InChI=1S/C13H17FN4O3S/c1-22(20)12-15-8-10-11(16-12)18(9-2-6-21-7-3-9)13(19)17(10)5-4-14/h8-9H,2-7H2,1H3. The van der Waals surface area contributed by atoms with Crippen molar-refractivity contribution in [3.63, 3.8) is 0 Å². The second-order valence-electron chi connectivity index (χ2n) is 5.15. The van der Waals surface area contributed by atoms with E-state index in [0.717, 1.165) is 0 Å². The molecule has 2 aromatic rings. The van der Waals surface area contributed by atoms with Gasteiger partial charge in [-0.05, 0) is 12.8 Å². The van der Waals surface area contributed by atoms with Crippen LogP contribution in [-0.4, -0.2) is 49.5 Å². The molecular weight excluding hydrogens is 311 g/mol. The number of fused-ring (bicyclic) bond motifs is 1. The lowest BCUT2D eigenvalue weighted by molar-refractivity contribution is 0.0694. The fraction of sp³-hybridized carbons (Fsp3) is 0.615. The Balaban J connectivity index is 2.22. The average Bonchev–Trinajstić information content (AvgIpc) is 2.80. The number of aryl methyl sites for hydroxylation is 1. The Morgan fingerprint density at radius 2 is 2.18 bits per heavy atom. The molecule has 120 valence electrons. The van der Waals surface area contributed by atoms with Crippen molar-refractivity contribution in [3.05, 3.63) is 16.7 Å². The summed E-state index contributed by atoms with van der Waals surface area (Å²) in [6.45, 7) is 0.465. The summed E-state index contributed by atoms with van der Waals surface area (Å²) in [5.74, 6) is 0. The molecule has 0 radical (unpaired) electrons. The molecule has 2 aromatic heterocycles. The highest BCUT2D eigenvalue weighted by Crippen LogP contribution is 2.23. The van der Waals surface area contributed by atoms with Gasteiger partial charge in [0.15, 0.2) is 5.65 Å². The number of ether oxygens (including phenoxy) is 1. The molecule has 3 rings (SSSR count). The lowest BCUT2D eigenvalue weighted by Crippen LogP contribution is -2.31. The van der Waals surface area contributed by atoms with Crippen molar-refractivity contribution in [1.29, 1.82) is 0 Å². The van der Waals surface area contributed by atoms with Crippen LogP contribution in [-0.2, 0) is 22.1 Å². The number of hydrogen-bond acceptors (Lipinski definition) is 5. The zero-order chi connectivity index (χ0) is 15.7. The van der Waals surface area contributed by atoms with E-state index in [4.69, 9.17) is 4.74 Å². The summed E-state index contributed by atoms with van der Waals surface area (Å²) in [4.78, 5) is 20.9. The predicted octanol–water partition coefficient (Wildman–Crippen LogP) is 0.651. The van der Waals surface area contributed by atoms with Crippen LogP contribution in [0.2, 0.25) is 0 Å². The summed E-state index contributed by atoms with van der Waals surface area (Å²) in [6, 6.07) is -0.0438. The molecule has 22 heavy (non-hydrogen) atoms. The summed E-state index contributed by atoms with van der Waals surface area (Å²) in [7, 11) is -1.34. The number of imidazole rings is 1. The number of rotatable bonds is 4. The smallest absolute Gasteiger partial charge is 0.330 e. The summed E-state index contributed by atoms with van der Waals surface area (Å²) in [6.07, 6.45) is 4.33. The molecule has 7 nitrogen and oxygen atoms in total. The number of aromatic nitrogens is 4. The van der Waals surface area contributed by atoms with Crippen LogP contribution in [0.15, 0.2) is 16.1 Å². The molecule has 1 atom stereocenters. The van der Waals surface area contributed by atoms with E-state index in [9.17, 15) is 13.4 Å². The topological polar surface area (TPSA) is 79.0 Å². The largest absolute Gasteiger partial charge is 0.381 e. The monoisotopic (exact) mass is 328 g/mol. The maximum atomic E-state index is 12.8. The third kappa shape index (κ3) is 2.58. The summed E-state index contributed by atoms with van der Waals surface area (Å²) >= 11 is 0. The highest BCUT2D eigenvalue weighted by molar-refractivity contribution is 7.84. The Labute approximate surface area is 128 Å². The van der Waals surface area contributed by atoms with E-state index in [0.29, 0.717) is 37.2 Å². The minimum absolute atomic E-state index is 0.0382. The van der Waals surface area contributed by atoms with Gasteiger partial charge in [0, 0.05) is 25.5 Å². The molecule has 3 heterocycles. The van der Waals surface area contributed by atoms with E-state index in [2.05, 4.69) is 9.97 Å². The summed E-state index contributed by atoms with van der Waals surface area (Å²) in [5.41, 5.74) is 0.599. The van der Waals surface area contributed by atoms with E-state index in [1.807, 2.05) is 0 Å². The van der Waals surface area contributed by atoms with Gasteiger partial charge in [0.1, 0.15) is 12.2 Å². The zero-order valence-corrected chi connectivity index (χ0v) is 13.0. The van der Waals surface area contributed by atoms with E-state index in [1.54, 1.807) is 4.57 Å². The minimum Gasteiger partial charge on any atom is -0.381 e. The van der Waals surface area contributed by atoms with Crippen molar-refractivity contribution in [2.45, 2.75) is 30.6 Å². The quantitative estimate of drug-likeness (QED) is 0.770. The van der Waals surface area contributed by atoms with E-state index in [1.165, 1.54) is 17.0 Å². The Morgan fingerprint density at radius 1 is 1.45 bits per heavy atom. The molecule has 0 spiro atoms. The van der Waals surface area contributed by atoms with Gasteiger partial charge in [0.25, 0.3) is 0 Å². The first-order valence-electron chi connectivity index (χ1n) is 7.08. The first-order valence-corrected chi connectivity index (χ1v) is 8.64. The van der Waals surface area contributed by atoms with Gasteiger partial charge in [0.05, 0.1) is 23.5 Å². The van der Waals surface area contributed by atoms with Crippen molar-refractivity contribution in [1.82, 2.24) is 19.1 Å². The lowest BCUT2D eigenvalue weighted by Gasteiger charge is -2.22. The summed E-state index contributed by atoms with van der Waals surface area (Å²) < 4.78 is 32.6. The molecule has 9 heteroatoms. The maximum absolute atomic E-state index is 12.8. The molecule has 1 unspecified atom stereocenters. The number of halogens is 1. The Hall–Kier alpha value is -1.61. The molecule has 1 aliphatic rings. The zero-order valence-electron chi connectivity index (χ0n) is 12.2. The average molecular weight is 328 g/mol. The van der Waals surface area contributed by atoms with Crippen LogP contribution >= 0.6 is 0 Å². The van der Waals surface area contributed by atoms with Crippen LogP contribution in [0, 0.1) is 0 Å². The Morgan fingerprint density at radius 3 is 2.82 bits per heavy atom. The van der Waals surface area contributed by atoms with Gasteiger partial charge in [-0.25, -0.2) is 19.2 Å². The van der Waals surface area contributed by atoms with Crippen LogP contribution in [0.4, 0.5) is 4.39 Å². The second kappa shape index (κ2) is 6.25. The minimum atomic E-state index is -1.34. The molecular formula is C13H17FN4O3S. The van der Waals surface area contributed by atoms with Crippen LogP contribution < -0.4 is 5.69 Å². The molecule has 0 amide bonds. The molecule has 0 aromatic carbocycles. The van der Waals surface area contributed by atoms with Gasteiger partial charge in [0.2, 0.25) is 5.16 Å². The molecule has 0 saturated carbocycles. The lowest BCUT2D eigenvalue weighted by atomic mass is 10.1. The van der Waals surface area contributed by atoms with Gasteiger partial charge >= 0.3 is 5.69 Å². The van der Waals surface area contributed by atoms with E-state index >= 15 is 0 Å². The van der Waals surface area contributed by atoms with Gasteiger partial charge < -0.3 is 4.74 Å². The van der Waals surface area contributed by atoms with Crippen LogP contribution in [0.25, 0.3) is 11.2 Å². The number of hydrogen-bond donors (Lipinski definition) is 0. The SMILES string of the molecule is CS(=O)c1ncc2c(n1)n(C1CCOCC1)c(=O)n2CCF. The third-order valence-electron chi connectivity index (χ3n) is 3.81. The molecule has 1 saturated heterocycles. The normalized spacial score (nSPS) is 17.9. The maximum Gasteiger partial charge on any atom is 0.330 e. The molecule has 1 aliphatic heterocycles. The Kier molecular flexibility index (Phi) is 4.34.